The number of benzene rings is 2. The maximum atomic E-state index is 12.3. The van der Waals surface area contributed by atoms with Crippen molar-refractivity contribution in [2.45, 2.75) is 13.5 Å². The van der Waals surface area contributed by atoms with Crippen LogP contribution in [-0.4, -0.2) is 10.9 Å². The topological polar surface area (TPSA) is 51.2 Å². The van der Waals surface area contributed by atoms with Gasteiger partial charge in [0.25, 0.3) is 5.91 Å². The van der Waals surface area contributed by atoms with Crippen LogP contribution in [0, 0.1) is 10.5 Å². The van der Waals surface area contributed by atoms with Gasteiger partial charge in [0.1, 0.15) is 18.2 Å². The zero-order valence-electron chi connectivity index (χ0n) is 13.7. The van der Waals surface area contributed by atoms with E-state index >= 15 is 0 Å². The molecule has 1 aromatic heterocycles. The smallest absolute Gasteiger partial charge is 0.256 e. The largest absolute Gasteiger partial charge is 0.489 e. The summed E-state index contributed by atoms with van der Waals surface area (Å²) >= 11 is 2.21. The third kappa shape index (κ3) is 4.79. The molecule has 3 rings (SSSR count). The average molecular weight is 444 g/mol. The Hall–Kier alpha value is -2.41. The van der Waals surface area contributed by atoms with Crippen LogP contribution in [0.1, 0.15) is 21.6 Å². The minimum atomic E-state index is -0.192. The zero-order valence-corrected chi connectivity index (χ0v) is 15.9. The molecule has 1 amide bonds. The van der Waals surface area contributed by atoms with E-state index < -0.39 is 0 Å². The van der Waals surface area contributed by atoms with Crippen molar-refractivity contribution in [3.63, 3.8) is 0 Å². The molecular weight excluding hydrogens is 427 g/mol. The Morgan fingerprint density at radius 1 is 1.04 bits per heavy atom. The number of nitrogens with zero attached hydrogens (tertiary/aromatic N) is 1. The third-order valence-electron chi connectivity index (χ3n) is 3.63. The fraction of sp³-hybridized carbons (Fsp3) is 0.100. The monoisotopic (exact) mass is 444 g/mol. The molecule has 5 heteroatoms. The Bertz CT molecular complexity index is 865. The number of nitrogens with one attached hydrogen (secondary N) is 1. The number of carbonyl (C=O) groups is 1. The van der Waals surface area contributed by atoms with E-state index in [4.69, 9.17) is 4.74 Å². The van der Waals surface area contributed by atoms with Crippen LogP contribution in [-0.2, 0) is 6.61 Å². The first-order valence-corrected chi connectivity index (χ1v) is 8.91. The van der Waals surface area contributed by atoms with Crippen molar-refractivity contribution in [2.75, 3.05) is 5.32 Å². The third-order valence-corrected chi connectivity index (χ3v) is 4.77. The van der Waals surface area contributed by atoms with Gasteiger partial charge in [0, 0.05) is 9.13 Å². The van der Waals surface area contributed by atoms with Crippen LogP contribution in [0.25, 0.3) is 0 Å². The van der Waals surface area contributed by atoms with Gasteiger partial charge in [-0.25, -0.2) is 4.98 Å². The molecule has 2 aromatic carbocycles. The summed E-state index contributed by atoms with van der Waals surface area (Å²) in [5.74, 6) is 1.08. The summed E-state index contributed by atoms with van der Waals surface area (Å²) in [4.78, 5) is 16.7. The molecule has 1 heterocycles. The standard InChI is InChI=1S/C20H17IN2O2/c1-14-18(21)11-12-19(22-14)23-20(24)16-7-9-17(10-8-16)25-13-15-5-3-2-4-6-15/h2-12H,13H2,1H3,(H,22,23,24). The predicted molar refractivity (Wildman–Crippen MR) is 107 cm³/mol. The van der Waals surface area contributed by atoms with Gasteiger partial charge in [0.2, 0.25) is 0 Å². The van der Waals surface area contributed by atoms with Crippen LogP contribution >= 0.6 is 22.6 Å². The summed E-state index contributed by atoms with van der Waals surface area (Å²) < 4.78 is 6.79. The quantitative estimate of drug-likeness (QED) is 0.574. The van der Waals surface area contributed by atoms with Gasteiger partial charge in [-0.05, 0) is 71.5 Å². The van der Waals surface area contributed by atoms with Gasteiger partial charge >= 0.3 is 0 Å². The summed E-state index contributed by atoms with van der Waals surface area (Å²) in [5.41, 5.74) is 2.55. The highest BCUT2D eigenvalue weighted by molar-refractivity contribution is 14.1. The van der Waals surface area contributed by atoms with Gasteiger partial charge in [0.15, 0.2) is 0 Å². The van der Waals surface area contributed by atoms with E-state index in [0.29, 0.717) is 18.0 Å². The van der Waals surface area contributed by atoms with Crippen molar-refractivity contribution in [3.8, 4) is 5.75 Å². The lowest BCUT2D eigenvalue weighted by Crippen LogP contribution is -2.13. The van der Waals surface area contributed by atoms with E-state index in [2.05, 4.69) is 32.9 Å². The molecule has 0 radical (unpaired) electrons. The molecule has 0 saturated carbocycles. The Balaban J connectivity index is 1.61. The summed E-state index contributed by atoms with van der Waals surface area (Å²) in [5, 5.41) is 2.81. The normalized spacial score (nSPS) is 10.3. The molecule has 0 aliphatic carbocycles. The van der Waals surface area contributed by atoms with Crippen molar-refractivity contribution in [1.29, 1.82) is 0 Å². The molecule has 0 atom stereocenters. The van der Waals surface area contributed by atoms with Gasteiger partial charge in [-0.2, -0.15) is 0 Å². The van der Waals surface area contributed by atoms with Gasteiger partial charge < -0.3 is 10.1 Å². The fourth-order valence-corrected chi connectivity index (χ4v) is 2.55. The second kappa shape index (κ2) is 8.11. The van der Waals surface area contributed by atoms with Crippen molar-refractivity contribution in [3.05, 3.63) is 87.1 Å². The molecule has 25 heavy (non-hydrogen) atoms. The minimum Gasteiger partial charge on any atom is -0.489 e. The number of amides is 1. The summed E-state index contributed by atoms with van der Waals surface area (Å²) in [6.07, 6.45) is 0. The number of anilines is 1. The number of carbonyl (C=O) groups excluding carboxylic acids is 1. The number of pyridine rings is 1. The molecule has 4 nitrogen and oxygen atoms in total. The number of hydrogen-bond acceptors (Lipinski definition) is 3. The predicted octanol–water partition coefficient (Wildman–Crippen LogP) is 4.83. The van der Waals surface area contributed by atoms with Gasteiger partial charge in [0.05, 0.1) is 5.69 Å². The van der Waals surface area contributed by atoms with Crippen LogP contribution in [0.15, 0.2) is 66.7 Å². The minimum absolute atomic E-state index is 0.192. The second-order valence-corrected chi connectivity index (χ2v) is 6.68. The lowest BCUT2D eigenvalue weighted by Gasteiger charge is -2.08. The van der Waals surface area contributed by atoms with E-state index in [1.807, 2.05) is 43.3 Å². The molecular formula is C20H17IN2O2. The van der Waals surface area contributed by atoms with Crippen molar-refractivity contribution >= 4 is 34.3 Å². The van der Waals surface area contributed by atoms with E-state index in [9.17, 15) is 4.79 Å². The lowest BCUT2D eigenvalue weighted by atomic mass is 10.2. The maximum Gasteiger partial charge on any atom is 0.256 e. The number of halogens is 1. The maximum absolute atomic E-state index is 12.3. The molecule has 0 saturated heterocycles. The average Bonchev–Trinajstić information content (AvgIpc) is 2.64. The second-order valence-electron chi connectivity index (χ2n) is 5.52. The van der Waals surface area contributed by atoms with Gasteiger partial charge in [-0.1, -0.05) is 30.3 Å². The SMILES string of the molecule is Cc1nc(NC(=O)c2ccc(OCc3ccccc3)cc2)ccc1I. The van der Waals surface area contributed by atoms with E-state index in [1.54, 1.807) is 30.3 Å². The molecule has 0 unspecified atom stereocenters. The highest BCUT2D eigenvalue weighted by Gasteiger charge is 2.08. The van der Waals surface area contributed by atoms with Crippen molar-refractivity contribution < 1.29 is 9.53 Å². The van der Waals surface area contributed by atoms with Crippen molar-refractivity contribution in [2.24, 2.45) is 0 Å². The molecule has 0 aliphatic rings. The molecule has 0 bridgehead atoms. The van der Waals surface area contributed by atoms with E-state index in [-0.39, 0.29) is 5.91 Å². The first-order valence-electron chi connectivity index (χ1n) is 7.83. The van der Waals surface area contributed by atoms with Crippen LogP contribution < -0.4 is 10.1 Å². The van der Waals surface area contributed by atoms with Crippen LogP contribution in [0.3, 0.4) is 0 Å². The number of hydrogen-bond donors (Lipinski definition) is 1. The van der Waals surface area contributed by atoms with Crippen LogP contribution in [0.5, 0.6) is 5.75 Å². The molecule has 0 aliphatic heterocycles. The molecule has 126 valence electrons. The van der Waals surface area contributed by atoms with Crippen LogP contribution in [0.2, 0.25) is 0 Å². The van der Waals surface area contributed by atoms with Gasteiger partial charge in [-0.15, -0.1) is 0 Å². The molecule has 0 fully saturated rings. The first-order chi connectivity index (χ1) is 12.1. The van der Waals surface area contributed by atoms with E-state index in [0.717, 1.165) is 20.6 Å². The van der Waals surface area contributed by atoms with Crippen LogP contribution in [0.4, 0.5) is 5.82 Å². The number of rotatable bonds is 5. The summed E-state index contributed by atoms with van der Waals surface area (Å²) in [6.45, 7) is 2.41. The highest BCUT2D eigenvalue weighted by Crippen LogP contribution is 2.16. The summed E-state index contributed by atoms with van der Waals surface area (Å²) in [6, 6.07) is 20.8. The number of ether oxygens (including phenoxy) is 1. The molecule has 1 N–H and O–H groups in total. The lowest BCUT2D eigenvalue weighted by molar-refractivity contribution is 0.102. The number of aryl methyl sites for hydroxylation is 1. The Labute approximate surface area is 160 Å². The fourth-order valence-electron chi connectivity index (χ4n) is 2.25. The van der Waals surface area contributed by atoms with Crippen molar-refractivity contribution in [1.82, 2.24) is 4.98 Å². The van der Waals surface area contributed by atoms with E-state index in [1.165, 1.54) is 0 Å². The number of aromatic nitrogens is 1. The highest BCUT2D eigenvalue weighted by atomic mass is 127. The van der Waals surface area contributed by atoms with Gasteiger partial charge in [-0.3, -0.25) is 4.79 Å². The zero-order chi connectivity index (χ0) is 17.6. The molecule has 3 aromatic rings. The summed E-state index contributed by atoms with van der Waals surface area (Å²) in [7, 11) is 0. The Kier molecular flexibility index (Phi) is 5.65. The molecule has 0 spiro atoms. The Morgan fingerprint density at radius 2 is 1.76 bits per heavy atom. The first kappa shape index (κ1) is 17.4. The Morgan fingerprint density at radius 3 is 2.44 bits per heavy atom.